The Bertz CT molecular complexity index is 452. The quantitative estimate of drug-likeness (QED) is 0.762. The highest BCUT2D eigenvalue weighted by Crippen LogP contribution is 2.40. The number of methoxy groups -OCH3 is 1. The standard InChI is InChI=1S/C10H8BrFOS2/c1-13-8-3-2-7(15-8)9(11)10-6(12)4-5-14-10/h2-5,9H,1H3. The average molecular weight is 307 g/mol. The monoisotopic (exact) mass is 306 g/mol. The van der Waals surface area contributed by atoms with Crippen LogP contribution in [0.2, 0.25) is 0 Å². The maximum Gasteiger partial charge on any atom is 0.173 e. The molecular weight excluding hydrogens is 299 g/mol. The molecule has 0 N–H and O–H groups in total. The van der Waals surface area contributed by atoms with Gasteiger partial charge in [0.25, 0.3) is 0 Å². The Labute approximate surface area is 104 Å². The molecule has 0 aromatic carbocycles. The van der Waals surface area contributed by atoms with Gasteiger partial charge >= 0.3 is 0 Å². The summed E-state index contributed by atoms with van der Waals surface area (Å²) in [4.78, 5) is 1.68. The van der Waals surface area contributed by atoms with E-state index in [0.29, 0.717) is 4.88 Å². The molecule has 2 heterocycles. The fourth-order valence-corrected chi connectivity index (χ4v) is 3.82. The molecule has 15 heavy (non-hydrogen) atoms. The number of ether oxygens (including phenoxy) is 1. The van der Waals surface area contributed by atoms with Gasteiger partial charge in [-0.3, -0.25) is 0 Å². The maximum atomic E-state index is 13.3. The van der Waals surface area contributed by atoms with Gasteiger partial charge in [-0.15, -0.1) is 22.7 Å². The Balaban J connectivity index is 2.28. The van der Waals surface area contributed by atoms with Gasteiger partial charge in [0.2, 0.25) is 0 Å². The molecule has 2 rings (SSSR count). The predicted molar refractivity (Wildman–Crippen MR) is 65.9 cm³/mol. The van der Waals surface area contributed by atoms with E-state index >= 15 is 0 Å². The molecule has 0 aliphatic heterocycles. The summed E-state index contributed by atoms with van der Waals surface area (Å²) in [7, 11) is 1.63. The molecular formula is C10H8BrFOS2. The molecule has 0 bridgehead atoms. The third-order valence-electron chi connectivity index (χ3n) is 1.93. The number of hydrogen-bond donors (Lipinski definition) is 0. The van der Waals surface area contributed by atoms with Gasteiger partial charge in [-0.1, -0.05) is 15.9 Å². The number of thiophene rings is 2. The van der Waals surface area contributed by atoms with Crippen molar-refractivity contribution in [1.29, 1.82) is 0 Å². The first-order valence-electron chi connectivity index (χ1n) is 4.23. The topological polar surface area (TPSA) is 9.23 Å². The number of rotatable bonds is 3. The van der Waals surface area contributed by atoms with Crippen LogP contribution < -0.4 is 4.74 Å². The summed E-state index contributed by atoms with van der Waals surface area (Å²) in [5, 5.41) is 2.59. The molecule has 80 valence electrons. The van der Waals surface area contributed by atoms with Gasteiger partial charge in [0.05, 0.1) is 16.8 Å². The van der Waals surface area contributed by atoms with Crippen LogP contribution >= 0.6 is 38.6 Å². The summed E-state index contributed by atoms with van der Waals surface area (Å²) >= 11 is 6.42. The van der Waals surface area contributed by atoms with E-state index in [9.17, 15) is 4.39 Å². The summed E-state index contributed by atoms with van der Waals surface area (Å²) < 4.78 is 18.4. The van der Waals surface area contributed by atoms with Crippen LogP contribution in [0.25, 0.3) is 0 Å². The molecule has 1 unspecified atom stereocenters. The van der Waals surface area contributed by atoms with E-state index in [1.165, 1.54) is 28.7 Å². The third kappa shape index (κ3) is 2.24. The average Bonchev–Trinajstić information content (AvgIpc) is 2.84. The van der Waals surface area contributed by atoms with Crippen LogP contribution in [0, 0.1) is 5.82 Å². The van der Waals surface area contributed by atoms with E-state index in [1.807, 2.05) is 12.1 Å². The molecule has 0 aliphatic rings. The molecule has 0 spiro atoms. The van der Waals surface area contributed by atoms with Crippen molar-refractivity contribution in [3.8, 4) is 5.06 Å². The highest BCUT2D eigenvalue weighted by atomic mass is 79.9. The van der Waals surface area contributed by atoms with Gasteiger partial charge in [0, 0.05) is 4.88 Å². The molecule has 1 nitrogen and oxygen atoms in total. The van der Waals surface area contributed by atoms with Crippen LogP contribution in [-0.2, 0) is 0 Å². The molecule has 0 radical (unpaired) electrons. The van der Waals surface area contributed by atoms with Gasteiger partial charge in [0.15, 0.2) is 5.06 Å². The van der Waals surface area contributed by atoms with Crippen molar-refractivity contribution in [1.82, 2.24) is 0 Å². The van der Waals surface area contributed by atoms with E-state index in [0.717, 1.165) is 9.94 Å². The predicted octanol–water partition coefficient (Wildman–Crippen LogP) is 4.44. The Morgan fingerprint density at radius 3 is 2.73 bits per heavy atom. The molecule has 0 saturated carbocycles. The zero-order chi connectivity index (χ0) is 10.8. The van der Waals surface area contributed by atoms with Crippen LogP contribution in [0.5, 0.6) is 5.06 Å². The first kappa shape index (κ1) is 11.1. The number of alkyl halides is 1. The minimum absolute atomic E-state index is 0.0774. The molecule has 0 saturated heterocycles. The second kappa shape index (κ2) is 4.63. The van der Waals surface area contributed by atoms with Crippen LogP contribution in [0.1, 0.15) is 14.6 Å². The SMILES string of the molecule is COc1ccc(C(Br)c2sccc2F)s1. The van der Waals surface area contributed by atoms with Crippen LogP contribution in [-0.4, -0.2) is 7.11 Å². The lowest BCUT2D eigenvalue weighted by atomic mass is 10.3. The zero-order valence-electron chi connectivity index (χ0n) is 7.87. The van der Waals surface area contributed by atoms with Gasteiger partial charge in [-0.05, 0) is 23.6 Å². The summed E-state index contributed by atoms with van der Waals surface area (Å²) in [6, 6.07) is 5.32. The lowest BCUT2D eigenvalue weighted by molar-refractivity contribution is 0.427. The molecule has 0 fully saturated rings. The molecule has 0 amide bonds. The molecule has 0 aliphatic carbocycles. The number of halogens is 2. The zero-order valence-corrected chi connectivity index (χ0v) is 11.1. The normalized spacial score (nSPS) is 12.7. The first-order chi connectivity index (χ1) is 7.22. The van der Waals surface area contributed by atoms with Crippen molar-refractivity contribution in [2.45, 2.75) is 4.83 Å². The Kier molecular flexibility index (Phi) is 3.43. The second-order valence-corrected chi connectivity index (χ2v) is 5.80. The second-order valence-electron chi connectivity index (χ2n) is 2.86. The fraction of sp³-hybridized carbons (Fsp3) is 0.200. The van der Waals surface area contributed by atoms with E-state index < -0.39 is 0 Å². The fourth-order valence-electron chi connectivity index (χ4n) is 1.20. The minimum Gasteiger partial charge on any atom is -0.487 e. The summed E-state index contributed by atoms with van der Waals surface area (Å²) in [6.45, 7) is 0. The molecule has 5 heteroatoms. The van der Waals surface area contributed by atoms with Crippen molar-refractivity contribution in [2.75, 3.05) is 7.11 Å². The van der Waals surface area contributed by atoms with E-state index in [2.05, 4.69) is 15.9 Å². The highest BCUT2D eigenvalue weighted by molar-refractivity contribution is 9.09. The van der Waals surface area contributed by atoms with Gasteiger partial charge < -0.3 is 4.74 Å². The Morgan fingerprint density at radius 2 is 2.20 bits per heavy atom. The van der Waals surface area contributed by atoms with E-state index in [1.54, 1.807) is 12.5 Å². The lowest BCUT2D eigenvalue weighted by Crippen LogP contribution is -1.87. The summed E-state index contributed by atoms with van der Waals surface area (Å²) in [5.41, 5.74) is 0. The van der Waals surface area contributed by atoms with Gasteiger partial charge in [-0.25, -0.2) is 4.39 Å². The lowest BCUT2D eigenvalue weighted by Gasteiger charge is -2.04. The smallest absolute Gasteiger partial charge is 0.173 e. The third-order valence-corrected chi connectivity index (χ3v) is 5.55. The van der Waals surface area contributed by atoms with E-state index in [4.69, 9.17) is 4.74 Å². The Morgan fingerprint density at radius 1 is 1.40 bits per heavy atom. The Hall–Kier alpha value is -0.390. The maximum absolute atomic E-state index is 13.3. The van der Waals surface area contributed by atoms with Crippen LogP contribution in [0.3, 0.4) is 0 Å². The van der Waals surface area contributed by atoms with Gasteiger partial charge in [-0.2, -0.15) is 0 Å². The highest BCUT2D eigenvalue weighted by Gasteiger charge is 2.18. The van der Waals surface area contributed by atoms with Crippen molar-refractivity contribution in [2.24, 2.45) is 0 Å². The van der Waals surface area contributed by atoms with Crippen molar-refractivity contribution in [3.63, 3.8) is 0 Å². The summed E-state index contributed by atoms with van der Waals surface area (Å²) in [5.74, 6) is -0.158. The first-order valence-corrected chi connectivity index (χ1v) is 6.84. The molecule has 2 aromatic rings. The van der Waals surface area contributed by atoms with Crippen molar-refractivity contribution in [3.05, 3.63) is 39.2 Å². The largest absolute Gasteiger partial charge is 0.487 e. The van der Waals surface area contributed by atoms with Crippen molar-refractivity contribution >= 4 is 38.6 Å². The summed E-state index contributed by atoms with van der Waals surface area (Å²) in [6.07, 6.45) is 0. The van der Waals surface area contributed by atoms with Crippen LogP contribution in [0.15, 0.2) is 23.6 Å². The van der Waals surface area contributed by atoms with E-state index in [-0.39, 0.29) is 10.6 Å². The molecule has 1 atom stereocenters. The molecule has 2 aromatic heterocycles. The number of hydrogen-bond acceptors (Lipinski definition) is 3. The van der Waals surface area contributed by atoms with Gasteiger partial charge in [0.1, 0.15) is 5.82 Å². The minimum atomic E-state index is -0.158. The van der Waals surface area contributed by atoms with Crippen molar-refractivity contribution < 1.29 is 9.13 Å². The van der Waals surface area contributed by atoms with Crippen LogP contribution in [0.4, 0.5) is 4.39 Å².